The van der Waals surface area contributed by atoms with Gasteiger partial charge in [-0.1, -0.05) is 0 Å². The third-order valence-electron chi connectivity index (χ3n) is 3.28. The van der Waals surface area contributed by atoms with E-state index in [1.54, 1.807) is 34.7 Å². The molecule has 0 aromatic carbocycles. The van der Waals surface area contributed by atoms with E-state index in [0.29, 0.717) is 0 Å². The first-order valence-electron chi connectivity index (χ1n) is 6.91. The van der Waals surface area contributed by atoms with Crippen molar-refractivity contribution < 1.29 is 0 Å². The molecular formula is C15H12N6S. The predicted molar refractivity (Wildman–Crippen MR) is 85.4 cm³/mol. The van der Waals surface area contributed by atoms with Crippen LogP contribution in [0.15, 0.2) is 54.2 Å². The Morgan fingerprint density at radius 2 is 2.00 bits per heavy atom. The smallest absolute Gasteiger partial charge is 0.170 e. The van der Waals surface area contributed by atoms with Gasteiger partial charge in [-0.2, -0.15) is 10.2 Å². The lowest BCUT2D eigenvalue weighted by atomic mass is 10.1. The van der Waals surface area contributed by atoms with Gasteiger partial charge in [0.2, 0.25) is 0 Å². The molecule has 6 nitrogen and oxygen atoms in total. The van der Waals surface area contributed by atoms with Crippen molar-refractivity contribution in [2.75, 3.05) is 0 Å². The number of hydrogen-bond acceptors (Lipinski definition) is 6. The molecule has 4 heterocycles. The summed E-state index contributed by atoms with van der Waals surface area (Å²) in [6.07, 6.45) is 12.6. The van der Waals surface area contributed by atoms with Crippen LogP contribution in [0, 0.1) is 0 Å². The summed E-state index contributed by atoms with van der Waals surface area (Å²) in [5, 5.41) is 9.22. The number of hydrogen-bond donors (Lipinski definition) is 0. The molecule has 7 heteroatoms. The third kappa shape index (κ3) is 2.46. The highest BCUT2D eigenvalue weighted by atomic mass is 32.1. The van der Waals surface area contributed by atoms with Crippen molar-refractivity contribution in [3.63, 3.8) is 0 Å². The number of aliphatic imine (C=N–C) groups is 1. The average molecular weight is 308 g/mol. The predicted octanol–water partition coefficient (Wildman–Crippen LogP) is 2.88. The first-order chi connectivity index (χ1) is 10.9. The molecule has 0 unspecified atom stereocenters. The van der Waals surface area contributed by atoms with Crippen LogP contribution in [0.2, 0.25) is 0 Å². The molecule has 4 rings (SSSR count). The molecule has 0 saturated carbocycles. The number of nitrogens with zero attached hydrogens (tertiary/aromatic N) is 6. The molecule has 1 aliphatic heterocycles. The van der Waals surface area contributed by atoms with Crippen LogP contribution in [0.5, 0.6) is 0 Å². The van der Waals surface area contributed by atoms with E-state index in [9.17, 15) is 0 Å². The van der Waals surface area contributed by atoms with Gasteiger partial charge in [0.15, 0.2) is 5.82 Å². The molecule has 0 atom stereocenters. The molecule has 0 aliphatic carbocycles. The van der Waals surface area contributed by atoms with Crippen LogP contribution in [0.3, 0.4) is 0 Å². The Labute approximate surface area is 130 Å². The van der Waals surface area contributed by atoms with Crippen LogP contribution in [-0.4, -0.2) is 30.7 Å². The minimum Gasteiger partial charge on any atom is -0.264 e. The van der Waals surface area contributed by atoms with E-state index >= 15 is 0 Å². The van der Waals surface area contributed by atoms with Crippen molar-refractivity contribution >= 4 is 22.9 Å². The summed E-state index contributed by atoms with van der Waals surface area (Å²) in [4.78, 5) is 15.9. The second kappa shape index (κ2) is 5.61. The van der Waals surface area contributed by atoms with Crippen molar-refractivity contribution in [3.05, 3.63) is 54.1 Å². The summed E-state index contributed by atoms with van der Waals surface area (Å²) < 4.78 is 0. The normalized spacial score (nSPS) is 14.5. The van der Waals surface area contributed by atoms with Gasteiger partial charge in [-0.3, -0.25) is 4.98 Å². The topological polar surface area (TPSA) is 68.8 Å². The largest absolute Gasteiger partial charge is 0.264 e. The molecule has 0 spiro atoms. The zero-order valence-corrected chi connectivity index (χ0v) is 12.4. The van der Waals surface area contributed by atoms with Gasteiger partial charge in [0, 0.05) is 24.2 Å². The first-order valence-corrected chi connectivity index (χ1v) is 7.73. The summed E-state index contributed by atoms with van der Waals surface area (Å²) in [5.74, 6) is 0.766. The first kappa shape index (κ1) is 13.0. The Morgan fingerprint density at radius 3 is 2.82 bits per heavy atom. The van der Waals surface area contributed by atoms with Crippen LogP contribution in [0.1, 0.15) is 17.7 Å². The number of rotatable bonds is 3. The highest BCUT2D eigenvalue weighted by Gasteiger charge is 2.15. The van der Waals surface area contributed by atoms with E-state index in [4.69, 9.17) is 0 Å². The Morgan fingerprint density at radius 1 is 1.09 bits per heavy atom. The lowest BCUT2D eigenvalue weighted by Gasteiger charge is -2.10. The van der Waals surface area contributed by atoms with Crippen molar-refractivity contribution in [1.82, 2.24) is 25.0 Å². The van der Waals surface area contributed by atoms with E-state index in [-0.39, 0.29) is 0 Å². The summed E-state index contributed by atoms with van der Waals surface area (Å²) >= 11 is 1.63. The van der Waals surface area contributed by atoms with Crippen LogP contribution in [0.4, 0.5) is 0 Å². The van der Waals surface area contributed by atoms with E-state index in [2.05, 4.69) is 25.2 Å². The second-order valence-electron chi connectivity index (χ2n) is 4.75. The average Bonchev–Trinajstić information content (AvgIpc) is 3.28. The van der Waals surface area contributed by atoms with Crippen molar-refractivity contribution in [1.29, 1.82) is 0 Å². The molecule has 0 fully saturated rings. The standard InChI is InChI=1S/C15H12N6S/c1-4-12(20-14(5-1)21-18-7-8-19-21)13-10-17-15(22-13)11-3-2-6-16-9-11/h2-3,5-10H,1,4H2. The van der Waals surface area contributed by atoms with Gasteiger partial charge < -0.3 is 0 Å². The molecule has 108 valence electrons. The van der Waals surface area contributed by atoms with Gasteiger partial charge >= 0.3 is 0 Å². The third-order valence-corrected chi connectivity index (χ3v) is 4.38. The fourth-order valence-corrected chi connectivity index (χ4v) is 3.17. The van der Waals surface area contributed by atoms with E-state index in [0.717, 1.165) is 39.8 Å². The molecule has 0 N–H and O–H groups in total. The van der Waals surface area contributed by atoms with Crippen LogP contribution in [-0.2, 0) is 0 Å². The highest BCUT2D eigenvalue weighted by molar-refractivity contribution is 7.17. The number of thiazole rings is 1. The lowest BCUT2D eigenvalue weighted by molar-refractivity contribution is 0.751. The summed E-state index contributed by atoms with van der Waals surface area (Å²) in [5.41, 5.74) is 2.06. The molecular weight excluding hydrogens is 296 g/mol. The Balaban J connectivity index is 1.65. The molecule has 0 saturated heterocycles. The molecule has 0 amide bonds. The zero-order chi connectivity index (χ0) is 14.8. The number of allylic oxidation sites excluding steroid dienone is 1. The van der Waals surface area contributed by atoms with Gasteiger partial charge in [0.05, 0.1) is 23.0 Å². The van der Waals surface area contributed by atoms with Crippen LogP contribution in [0.25, 0.3) is 16.4 Å². The number of pyridine rings is 1. The summed E-state index contributed by atoms with van der Waals surface area (Å²) in [7, 11) is 0. The Hall–Kier alpha value is -2.67. The van der Waals surface area contributed by atoms with Crippen molar-refractivity contribution in [2.24, 2.45) is 4.99 Å². The summed E-state index contributed by atoms with van der Waals surface area (Å²) in [6.45, 7) is 0. The van der Waals surface area contributed by atoms with Crippen LogP contribution >= 0.6 is 11.3 Å². The van der Waals surface area contributed by atoms with Crippen molar-refractivity contribution in [3.8, 4) is 10.6 Å². The monoisotopic (exact) mass is 308 g/mol. The van der Waals surface area contributed by atoms with Crippen LogP contribution < -0.4 is 0 Å². The maximum Gasteiger partial charge on any atom is 0.170 e. The molecule has 3 aromatic rings. The van der Waals surface area contributed by atoms with E-state index in [1.807, 2.05) is 30.6 Å². The number of aromatic nitrogens is 5. The van der Waals surface area contributed by atoms with Crippen molar-refractivity contribution in [2.45, 2.75) is 12.8 Å². The maximum absolute atomic E-state index is 4.67. The fourth-order valence-electron chi connectivity index (χ4n) is 2.25. The SMILES string of the molecule is C1=C(n2nccn2)N=C(c2cnc(-c3cccnc3)s2)CC1. The summed E-state index contributed by atoms with van der Waals surface area (Å²) in [6, 6.07) is 3.93. The zero-order valence-electron chi connectivity index (χ0n) is 11.6. The minimum atomic E-state index is 0.766. The fraction of sp³-hybridized carbons (Fsp3) is 0.133. The van der Waals surface area contributed by atoms with Gasteiger partial charge in [-0.15, -0.1) is 16.1 Å². The molecule has 0 radical (unpaired) electrons. The lowest BCUT2D eigenvalue weighted by Crippen LogP contribution is -2.08. The molecule has 3 aromatic heterocycles. The molecule has 22 heavy (non-hydrogen) atoms. The highest BCUT2D eigenvalue weighted by Crippen LogP contribution is 2.27. The van der Waals surface area contributed by atoms with Gasteiger partial charge in [0.1, 0.15) is 5.01 Å². The second-order valence-corrected chi connectivity index (χ2v) is 5.78. The minimum absolute atomic E-state index is 0.766. The van der Waals surface area contributed by atoms with Gasteiger partial charge in [-0.25, -0.2) is 9.98 Å². The molecule has 0 bridgehead atoms. The quantitative estimate of drug-likeness (QED) is 0.746. The van der Waals surface area contributed by atoms with Gasteiger partial charge in [0.25, 0.3) is 0 Å². The molecule has 1 aliphatic rings. The van der Waals surface area contributed by atoms with Gasteiger partial charge in [-0.05, 0) is 31.1 Å². The Bertz CT molecular complexity index is 832. The van der Waals surface area contributed by atoms with E-state index < -0.39 is 0 Å². The Kier molecular flexibility index (Phi) is 3.32. The van der Waals surface area contributed by atoms with E-state index in [1.165, 1.54) is 0 Å². The maximum atomic E-state index is 4.67.